The number of nitrogens with zero attached hydrogens (tertiary/aromatic N) is 2. The number of carbonyl (C=O) groups is 1. The molecule has 1 amide bonds. The number of nitro groups is 1. The van der Waals surface area contributed by atoms with E-state index >= 15 is 0 Å². The minimum atomic E-state index is -0.662. The molecule has 7 nitrogen and oxygen atoms in total. The van der Waals surface area contributed by atoms with Crippen LogP contribution in [0.1, 0.15) is 12.0 Å². The average Bonchev–Trinajstić information content (AvgIpc) is 2.66. The first-order valence-electron chi connectivity index (χ1n) is 8.14. The Hall–Kier alpha value is -3.37. The summed E-state index contributed by atoms with van der Waals surface area (Å²) in [6.07, 6.45) is 3.05. The maximum Gasteiger partial charge on any atom is 0.289 e. The molecule has 2 N–H and O–H groups in total. The predicted octanol–water partition coefficient (Wildman–Crippen LogP) is 3.82. The number of amides is 1. The van der Waals surface area contributed by atoms with E-state index in [0.29, 0.717) is 6.54 Å². The number of halogens is 1. The molecular weight excluding hydrogens is 368 g/mol. The number of benzene rings is 2. The zero-order chi connectivity index (χ0) is 19.6. The molecule has 0 atom stereocenters. The van der Waals surface area contributed by atoms with Crippen molar-refractivity contribution in [1.82, 2.24) is 5.32 Å². The van der Waals surface area contributed by atoms with Crippen LogP contribution in [0.4, 0.5) is 11.4 Å². The third-order valence-electron chi connectivity index (χ3n) is 3.64. The number of rotatable bonds is 8. The van der Waals surface area contributed by atoms with Crippen LogP contribution in [-0.2, 0) is 11.2 Å². The van der Waals surface area contributed by atoms with Gasteiger partial charge in [0.05, 0.1) is 4.92 Å². The van der Waals surface area contributed by atoms with Gasteiger partial charge >= 0.3 is 0 Å². The topological polar surface area (TPSA) is 108 Å². The molecule has 0 aliphatic carbocycles. The molecule has 138 valence electrons. The first-order chi connectivity index (χ1) is 13.0. The highest BCUT2D eigenvalue weighted by atomic mass is 35.5. The van der Waals surface area contributed by atoms with Crippen molar-refractivity contribution in [2.75, 3.05) is 11.9 Å². The zero-order valence-electron chi connectivity index (χ0n) is 14.3. The van der Waals surface area contributed by atoms with E-state index in [9.17, 15) is 14.9 Å². The lowest BCUT2D eigenvalue weighted by atomic mass is 10.1. The van der Waals surface area contributed by atoms with Crippen LogP contribution in [0.5, 0.6) is 0 Å². The Morgan fingerprint density at radius 2 is 2.00 bits per heavy atom. The van der Waals surface area contributed by atoms with Gasteiger partial charge in [0.15, 0.2) is 0 Å². The molecule has 0 aliphatic heterocycles. The number of carbonyl (C=O) groups excluding carboxylic acids is 1. The Morgan fingerprint density at radius 3 is 2.67 bits per heavy atom. The molecule has 0 saturated heterocycles. The summed E-state index contributed by atoms with van der Waals surface area (Å²) in [6.45, 7) is 0.597. The molecule has 0 saturated carbocycles. The third kappa shape index (κ3) is 6.13. The Labute approximate surface area is 161 Å². The van der Waals surface area contributed by atoms with E-state index in [-0.39, 0.29) is 22.0 Å². The van der Waals surface area contributed by atoms with Gasteiger partial charge in [0, 0.05) is 24.5 Å². The highest BCUT2D eigenvalue weighted by molar-refractivity contribution is 6.32. The van der Waals surface area contributed by atoms with Crippen LogP contribution in [0.15, 0.2) is 60.3 Å². The summed E-state index contributed by atoms with van der Waals surface area (Å²) in [5.41, 5.74) is 0.940. The molecule has 0 aromatic heterocycles. The van der Waals surface area contributed by atoms with E-state index in [1.165, 1.54) is 23.9 Å². The normalized spacial score (nSPS) is 10.7. The molecule has 2 aromatic carbocycles. The average molecular weight is 385 g/mol. The van der Waals surface area contributed by atoms with E-state index in [2.05, 4.69) is 10.6 Å². The quantitative estimate of drug-likeness (QED) is 0.236. The minimum Gasteiger partial charge on any atom is -0.390 e. The van der Waals surface area contributed by atoms with E-state index in [4.69, 9.17) is 16.9 Å². The molecule has 0 aliphatic rings. The van der Waals surface area contributed by atoms with Crippen LogP contribution in [0, 0.1) is 21.4 Å². The molecule has 2 aromatic rings. The molecule has 0 radical (unpaired) electrons. The fraction of sp³-hybridized carbons (Fsp3) is 0.158. The SMILES string of the molecule is N#C/C(=C/NCCCc1ccccc1)C(=O)Nc1ccc(Cl)c([N+](=O)[O-])c1. The van der Waals surface area contributed by atoms with Gasteiger partial charge in [0.2, 0.25) is 0 Å². The molecule has 0 bridgehead atoms. The number of nitriles is 1. The van der Waals surface area contributed by atoms with Crippen molar-refractivity contribution in [2.45, 2.75) is 12.8 Å². The summed E-state index contributed by atoms with van der Waals surface area (Å²) in [6, 6.07) is 15.7. The van der Waals surface area contributed by atoms with Gasteiger partial charge in [-0.05, 0) is 30.5 Å². The van der Waals surface area contributed by atoms with Crippen molar-refractivity contribution in [2.24, 2.45) is 0 Å². The Morgan fingerprint density at radius 1 is 1.26 bits per heavy atom. The van der Waals surface area contributed by atoms with Crippen LogP contribution in [0.25, 0.3) is 0 Å². The molecule has 0 fully saturated rings. The monoisotopic (exact) mass is 384 g/mol. The third-order valence-corrected chi connectivity index (χ3v) is 3.96. The standard InChI is InChI=1S/C19H17ClN4O3/c20-17-9-8-16(11-18(17)24(26)27)23-19(25)15(12-21)13-22-10-4-7-14-5-2-1-3-6-14/h1-3,5-6,8-9,11,13,22H,4,7,10H2,(H,23,25)/b15-13-. The lowest BCUT2D eigenvalue weighted by Crippen LogP contribution is -2.17. The van der Waals surface area contributed by atoms with E-state index in [1.807, 2.05) is 30.3 Å². The zero-order valence-corrected chi connectivity index (χ0v) is 15.1. The second-order valence-corrected chi connectivity index (χ2v) is 6.00. The minimum absolute atomic E-state index is 0.0332. The summed E-state index contributed by atoms with van der Waals surface area (Å²) in [5, 5.41) is 25.4. The van der Waals surface area contributed by atoms with Gasteiger partial charge in [-0.1, -0.05) is 41.9 Å². The highest BCUT2D eigenvalue weighted by Gasteiger charge is 2.15. The van der Waals surface area contributed by atoms with Crippen LogP contribution < -0.4 is 10.6 Å². The van der Waals surface area contributed by atoms with E-state index < -0.39 is 10.8 Å². The molecular formula is C19H17ClN4O3. The number of nitrogens with one attached hydrogen (secondary N) is 2. The lowest BCUT2D eigenvalue weighted by molar-refractivity contribution is -0.384. The second kappa shape index (κ2) is 9.94. The summed E-state index contributed by atoms with van der Waals surface area (Å²) < 4.78 is 0. The largest absolute Gasteiger partial charge is 0.390 e. The summed E-state index contributed by atoms with van der Waals surface area (Å²) in [5.74, 6) is -0.662. The van der Waals surface area contributed by atoms with Gasteiger partial charge in [0.1, 0.15) is 16.7 Å². The molecule has 27 heavy (non-hydrogen) atoms. The highest BCUT2D eigenvalue weighted by Crippen LogP contribution is 2.27. The van der Waals surface area contributed by atoms with E-state index in [0.717, 1.165) is 18.9 Å². The fourth-order valence-electron chi connectivity index (χ4n) is 2.29. The Kier molecular flexibility index (Phi) is 7.35. The number of nitro benzene ring substituents is 1. The van der Waals surface area contributed by atoms with Gasteiger partial charge in [-0.3, -0.25) is 14.9 Å². The Bertz CT molecular complexity index is 892. The van der Waals surface area contributed by atoms with Crippen molar-refractivity contribution >= 4 is 28.9 Å². The van der Waals surface area contributed by atoms with Crippen LogP contribution in [0.3, 0.4) is 0 Å². The summed E-state index contributed by atoms with van der Waals surface area (Å²) >= 11 is 5.73. The van der Waals surface area contributed by atoms with Gasteiger partial charge in [-0.25, -0.2) is 0 Å². The maximum absolute atomic E-state index is 12.2. The molecule has 2 rings (SSSR count). The Balaban J connectivity index is 1.89. The molecule has 0 heterocycles. The number of anilines is 1. The first-order valence-corrected chi connectivity index (χ1v) is 8.52. The van der Waals surface area contributed by atoms with Gasteiger partial charge in [-0.15, -0.1) is 0 Å². The molecule has 0 spiro atoms. The number of hydrogen-bond acceptors (Lipinski definition) is 5. The number of hydrogen-bond donors (Lipinski definition) is 2. The van der Waals surface area contributed by atoms with Gasteiger partial charge < -0.3 is 10.6 Å². The van der Waals surface area contributed by atoms with E-state index in [1.54, 1.807) is 6.07 Å². The first kappa shape index (κ1) is 19.9. The lowest BCUT2D eigenvalue weighted by Gasteiger charge is -2.06. The maximum atomic E-state index is 12.2. The van der Waals surface area contributed by atoms with Gasteiger partial charge in [-0.2, -0.15) is 5.26 Å². The molecule has 0 unspecified atom stereocenters. The van der Waals surface area contributed by atoms with Crippen LogP contribution in [0.2, 0.25) is 5.02 Å². The van der Waals surface area contributed by atoms with Crippen molar-refractivity contribution in [1.29, 1.82) is 5.26 Å². The summed E-state index contributed by atoms with van der Waals surface area (Å²) in [7, 11) is 0. The van der Waals surface area contributed by atoms with Crippen LogP contribution in [-0.4, -0.2) is 17.4 Å². The number of aryl methyl sites for hydroxylation is 1. The van der Waals surface area contributed by atoms with Crippen molar-refractivity contribution < 1.29 is 9.72 Å². The fourth-order valence-corrected chi connectivity index (χ4v) is 2.48. The van der Waals surface area contributed by atoms with Crippen LogP contribution >= 0.6 is 11.6 Å². The van der Waals surface area contributed by atoms with Crippen molar-refractivity contribution in [3.63, 3.8) is 0 Å². The van der Waals surface area contributed by atoms with Gasteiger partial charge in [0.25, 0.3) is 11.6 Å². The predicted molar refractivity (Wildman–Crippen MR) is 103 cm³/mol. The van der Waals surface area contributed by atoms with Crippen molar-refractivity contribution in [3.8, 4) is 6.07 Å². The summed E-state index contributed by atoms with van der Waals surface area (Å²) in [4.78, 5) is 22.4. The van der Waals surface area contributed by atoms with Crippen molar-refractivity contribution in [3.05, 3.63) is 81.0 Å². The second-order valence-electron chi connectivity index (χ2n) is 5.59. The smallest absolute Gasteiger partial charge is 0.289 e. The molecule has 8 heteroatoms.